The van der Waals surface area contributed by atoms with Crippen LogP contribution in [-0.2, 0) is 9.59 Å². The van der Waals surface area contributed by atoms with Gasteiger partial charge in [0.05, 0.1) is 12.8 Å². The fraction of sp³-hybridized carbons (Fsp3) is 0.0455. The molecule has 1 heterocycles. The van der Waals surface area contributed by atoms with Crippen molar-refractivity contribution in [2.75, 3.05) is 12.0 Å². The van der Waals surface area contributed by atoms with Crippen molar-refractivity contribution in [1.29, 1.82) is 0 Å². The SMILES string of the molecule is COc1ccc2ccccc2c1/C=C1\C(=O)NC(=S)N(c2ccccc2)C1=O. The Morgan fingerprint density at radius 1 is 0.964 bits per heavy atom. The molecule has 0 radical (unpaired) electrons. The van der Waals surface area contributed by atoms with Gasteiger partial charge in [0.2, 0.25) is 0 Å². The summed E-state index contributed by atoms with van der Waals surface area (Å²) in [5, 5.41) is 4.53. The first-order valence-electron chi connectivity index (χ1n) is 8.62. The number of hydrogen-bond donors (Lipinski definition) is 1. The highest BCUT2D eigenvalue weighted by atomic mass is 32.1. The summed E-state index contributed by atoms with van der Waals surface area (Å²) in [6.07, 6.45) is 1.57. The molecule has 28 heavy (non-hydrogen) atoms. The molecule has 1 N–H and O–H groups in total. The summed E-state index contributed by atoms with van der Waals surface area (Å²) in [6.45, 7) is 0. The molecule has 5 nitrogen and oxygen atoms in total. The van der Waals surface area contributed by atoms with Gasteiger partial charge in [-0.05, 0) is 47.3 Å². The summed E-state index contributed by atoms with van der Waals surface area (Å²) in [6, 6.07) is 20.5. The number of hydrogen-bond acceptors (Lipinski definition) is 4. The van der Waals surface area contributed by atoms with Crippen molar-refractivity contribution < 1.29 is 14.3 Å². The summed E-state index contributed by atoms with van der Waals surface area (Å²) >= 11 is 5.23. The van der Waals surface area contributed by atoms with E-state index in [1.54, 1.807) is 37.5 Å². The second-order valence-electron chi connectivity index (χ2n) is 6.20. The molecular formula is C22H16N2O3S. The summed E-state index contributed by atoms with van der Waals surface area (Å²) in [4.78, 5) is 27.1. The number of fused-ring (bicyclic) bond motifs is 1. The number of anilines is 1. The van der Waals surface area contributed by atoms with Crippen molar-refractivity contribution >= 4 is 51.7 Å². The number of amides is 2. The molecule has 0 aromatic heterocycles. The van der Waals surface area contributed by atoms with Crippen LogP contribution in [0, 0.1) is 0 Å². The molecule has 0 spiro atoms. The Balaban J connectivity index is 1.87. The molecule has 3 aromatic carbocycles. The van der Waals surface area contributed by atoms with E-state index >= 15 is 0 Å². The molecular weight excluding hydrogens is 372 g/mol. The first kappa shape index (κ1) is 17.9. The van der Waals surface area contributed by atoms with Crippen LogP contribution in [0.25, 0.3) is 16.8 Å². The molecule has 6 heteroatoms. The highest BCUT2D eigenvalue weighted by Crippen LogP contribution is 2.31. The fourth-order valence-electron chi connectivity index (χ4n) is 3.22. The van der Waals surface area contributed by atoms with Gasteiger partial charge < -0.3 is 4.74 Å². The standard InChI is InChI=1S/C22H16N2O3S/c1-27-19-12-11-14-7-5-6-10-16(14)17(19)13-18-20(25)23-22(28)24(21(18)26)15-8-3-2-4-9-15/h2-13H,1H3,(H,23,25,28)/b18-13+. The molecule has 0 bridgehead atoms. The summed E-state index contributed by atoms with van der Waals surface area (Å²) < 4.78 is 5.47. The second-order valence-corrected chi connectivity index (χ2v) is 6.58. The van der Waals surface area contributed by atoms with Crippen LogP contribution in [0.5, 0.6) is 5.75 Å². The molecule has 4 rings (SSSR count). The lowest BCUT2D eigenvalue weighted by Gasteiger charge is -2.29. The molecule has 2 amide bonds. The zero-order valence-electron chi connectivity index (χ0n) is 15.0. The van der Waals surface area contributed by atoms with E-state index in [2.05, 4.69) is 5.32 Å². The summed E-state index contributed by atoms with van der Waals surface area (Å²) in [7, 11) is 1.56. The molecule has 0 atom stereocenters. The number of methoxy groups -OCH3 is 1. The minimum absolute atomic E-state index is 0.00731. The molecule has 1 fully saturated rings. The molecule has 1 saturated heterocycles. The van der Waals surface area contributed by atoms with Crippen LogP contribution in [0.2, 0.25) is 0 Å². The van der Waals surface area contributed by atoms with E-state index in [1.165, 1.54) is 4.90 Å². The van der Waals surface area contributed by atoms with Crippen LogP contribution in [0.1, 0.15) is 5.56 Å². The van der Waals surface area contributed by atoms with Gasteiger partial charge in [0.1, 0.15) is 11.3 Å². The maximum absolute atomic E-state index is 13.2. The van der Waals surface area contributed by atoms with E-state index in [9.17, 15) is 9.59 Å². The average molecular weight is 388 g/mol. The molecule has 0 saturated carbocycles. The Bertz CT molecular complexity index is 1140. The lowest BCUT2D eigenvalue weighted by molar-refractivity contribution is -0.122. The first-order chi connectivity index (χ1) is 13.6. The zero-order chi connectivity index (χ0) is 19.7. The first-order valence-corrected chi connectivity index (χ1v) is 9.03. The number of benzene rings is 3. The van der Waals surface area contributed by atoms with Crippen molar-refractivity contribution in [3.05, 3.63) is 77.9 Å². The van der Waals surface area contributed by atoms with Crippen LogP contribution in [0.15, 0.2) is 72.3 Å². The van der Waals surface area contributed by atoms with Gasteiger partial charge in [-0.15, -0.1) is 0 Å². The van der Waals surface area contributed by atoms with Crippen LogP contribution in [-0.4, -0.2) is 24.0 Å². The van der Waals surface area contributed by atoms with Gasteiger partial charge in [0.25, 0.3) is 11.8 Å². The van der Waals surface area contributed by atoms with E-state index in [0.29, 0.717) is 17.0 Å². The third-order valence-electron chi connectivity index (χ3n) is 4.56. The van der Waals surface area contributed by atoms with Crippen molar-refractivity contribution in [3.8, 4) is 5.75 Å². The van der Waals surface area contributed by atoms with E-state index < -0.39 is 11.8 Å². The lowest BCUT2D eigenvalue weighted by atomic mass is 9.99. The Morgan fingerprint density at radius 2 is 1.68 bits per heavy atom. The van der Waals surface area contributed by atoms with Crippen LogP contribution < -0.4 is 15.0 Å². The van der Waals surface area contributed by atoms with E-state index in [4.69, 9.17) is 17.0 Å². The van der Waals surface area contributed by atoms with Crippen molar-refractivity contribution in [3.63, 3.8) is 0 Å². The number of para-hydroxylation sites is 1. The average Bonchev–Trinajstić information content (AvgIpc) is 2.71. The molecule has 1 aliphatic heterocycles. The number of nitrogens with one attached hydrogen (secondary N) is 1. The van der Waals surface area contributed by atoms with E-state index in [0.717, 1.165) is 10.8 Å². The van der Waals surface area contributed by atoms with Crippen LogP contribution in [0.4, 0.5) is 5.69 Å². The smallest absolute Gasteiger partial charge is 0.270 e. The summed E-state index contributed by atoms with van der Waals surface area (Å²) in [5.41, 5.74) is 1.25. The van der Waals surface area contributed by atoms with Gasteiger partial charge in [0.15, 0.2) is 5.11 Å². The van der Waals surface area contributed by atoms with Crippen molar-refractivity contribution in [2.45, 2.75) is 0 Å². The quantitative estimate of drug-likeness (QED) is 0.422. The van der Waals surface area contributed by atoms with Crippen molar-refractivity contribution in [2.24, 2.45) is 0 Å². The number of rotatable bonds is 3. The Morgan fingerprint density at radius 3 is 2.43 bits per heavy atom. The topological polar surface area (TPSA) is 58.6 Å². The maximum Gasteiger partial charge on any atom is 0.270 e. The largest absolute Gasteiger partial charge is 0.496 e. The predicted octanol–water partition coefficient (Wildman–Crippen LogP) is 3.68. The number of carbonyl (C=O) groups is 2. The minimum atomic E-state index is -0.530. The van der Waals surface area contributed by atoms with Crippen molar-refractivity contribution in [1.82, 2.24) is 5.32 Å². The summed E-state index contributed by atoms with van der Waals surface area (Å²) in [5.74, 6) is -0.432. The van der Waals surface area contributed by atoms with Gasteiger partial charge in [0, 0.05) is 5.56 Å². The Hall–Kier alpha value is -3.51. The molecule has 3 aromatic rings. The normalized spacial score (nSPS) is 15.8. The number of ether oxygens (including phenoxy) is 1. The monoisotopic (exact) mass is 388 g/mol. The molecule has 1 aliphatic rings. The third kappa shape index (κ3) is 3.04. The Labute approximate surface area is 167 Å². The number of carbonyl (C=O) groups excluding carboxylic acids is 2. The predicted molar refractivity (Wildman–Crippen MR) is 113 cm³/mol. The molecule has 0 unspecified atom stereocenters. The molecule has 138 valence electrons. The Kier molecular flexibility index (Phi) is 4.63. The second kappa shape index (κ2) is 7.25. The van der Waals surface area contributed by atoms with Gasteiger partial charge >= 0.3 is 0 Å². The third-order valence-corrected chi connectivity index (χ3v) is 4.84. The lowest BCUT2D eigenvalue weighted by Crippen LogP contribution is -2.54. The van der Waals surface area contributed by atoms with Crippen LogP contribution >= 0.6 is 12.2 Å². The minimum Gasteiger partial charge on any atom is -0.496 e. The highest BCUT2D eigenvalue weighted by Gasteiger charge is 2.34. The van der Waals surface area contributed by atoms with E-state index in [1.807, 2.05) is 42.5 Å². The molecule has 0 aliphatic carbocycles. The van der Waals surface area contributed by atoms with Gasteiger partial charge in [-0.1, -0.05) is 48.5 Å². The van der Waals surface area contributed by atoms with Gasteiger partial charge in [-0.25, -0.2) is 0 Å². The van der Waals surface area contributed by atoms with Gasteiger partial charge in [-0.2, -0.15) is 0 Å². The number of thiocarbonyl (C=S) groups is 1. The number of nitrogens with zero attached hydrogens (tertiary/aromatic N) is 1. The van der Waals surface area contributed by atoms with Gasteiger partial charge in [-0.3, -0.25) is 19.8 Å². The fourth-order valence-corrected chi connectivity index (χ4v) is 3.50. The maximum atomic E-state index is 13.2. The van der Waals surface area contributed by atoms with Crippen LogP contribution in [0.3, 0.4) is 0 Å². The zero-order valence-corrected chi connectivity index (χ0v) is 15.8. The van der Waals surface area contributed by atoms with E-state index in [-0.39, 0.29) is 10.7 Å². The highest BCUT2D eigenvalue weighted by molar-refractivity contribution is 7.80.